The summed E-state index contributed by atoms with van der Waals surface area (Å²) in [7, 11) is -4.12. The Hall–Kier alpha value is -0.630. The van der Waals surface area contributed by atoms with Crippen molar-refractivity contribution in [1.29, 1.82) is 0 Å². The molecular weight excluding hydrogens is 211 g/mol. The van der Waals surface area contributed by atoms with Gasteiger partial charge in [-0.2, -0.15) is 0 Å². The van der Waals surface area contributed by atoms with Gasteiger partial charge in [0, 0.05) is 0 Å². The Bertz CT molecular complexity index is 445. The lowest BCUT2D eigenvalue weighted by Gasteiger charge is -2.15. The fourth-order valence-electron chi connectivity index (χ4n) is 2.32. The maximum absolute atomic E-state index is 11.3. The Morgan fingerprint density at radius 1 is 1.27 bits per heavy atom. The van der Waals surface area contributed by atoms with Crippen LogP contribution in [0.5, 0.6) is 0 Å². The summed E-state index contributed by atoms with van der Waals surface area (Å²) in [5.41, 5.74) is 2.06. The molecule has 0 heterocycles. The van der Waals surface area contributed by atoms with Crippen LogP contribution >= 0.6 is 7.60 Å². The molecule has 0 saturated heterocycles. The summed E-state index contributed by atoms with van der Waals surface area (Å²) in [6.45, 7) is 4.24. The molecule has 1 aliphatic rings. The van der Waals surface area contributed by atoms with Crippen LogP contribution < -0.4 is 5.30 Å². The highest BCUT2D eigenvalue weighted by Crippen LogP contribution is 2.42. The molecule has 0 aromatic heterocycles. The van der Waals surface area contributed by atoms with Gasteiger partial charge in [-0.25, -0.2) is 0 Å². The minimum Gasteiger partial charge on any atom is -0.321 e. The molecular formula is C11H15O3P. The molecule has 4 heteroatoms. The number of hydrogen-bond acceptors (Lipinski definition) is 1. The molecule has 1 aromatic carbocycles. The van der Waals surface area contributed by atoms with Crippen molar-refractivity contribution in [3.63, 3.8) is 0 Å². The molecule has 0 amide bonds. The average molecular weight is 226 g/mol. The average Bonchev–Trinajstić information content (AvgIpc) is 2.35. The van der Waals surface area contributed by atoms with Gasteiger partial charge in [-0.3, -0.25) is 4.57 Å². The normalized spacial score (nSPS) is 18.9. The molecule has 0 aliphatic heterocycles. The zero-order valence-corrected chi connectivity index (χ0v) is 9.79. The van der Waals surface area contributed by atoms with Crippen LogP contribution in [0.1, 0.15) is 25.0 Å². The van der Waals surface area contributed by atoms with Crippen molar-refractivity contribution in [2.45, 2.75) is 26.7 Å². The van der Waals surface area contributed by atoms with E-state index in [4.69, 9.17) is 0 Å². The molecule has 0 spiro atoms. The standard InChI is InChI=1S/C11H15O3P/c1-11(2)6-8-4-3-5-10(9(8)7-11)15(12,13)14/h3-5H,6-7H2,1-2H3,(H2,12,13,14). The largest absolute Gasteiger partial charge is 0.356 e. The number of rotatable bonds is 1. The van der Waals surface area contributed by atoms with Crippen molar-refractivity contribution in [1.82, 2.24) is 0 Å². The predicted octanol–water partition coefficient (Wildman–Crippen LogP) is 1.61. The van der Waals surface area contributed by atoms with Crippen LogP contribution in [0.2, 0.25) is 0 Å². The Kier molecular flexibility index (Phi) is 2.30. The fraction of sp³-hybridized carbons (Fsp3) is 0.455. The zero-order valence-electron chi connectivity index (χ0n) is 8.90. The van der Waals surface area contributed by atoms with Gasteiger partial charge in [-0.15, -0.1) is 0 Å². The van der Waals surface area contributed by atoms with E-state index in [9.17, 15) is 14.4 Å². The maximum Gasteiger partial charge on any atom is 0.356 e. The molecule has 0 radical (unpaired) electrons. The third-order valence-corrected chi connectivity index (χ3v) is 3.93. The number of hydrogen-bond donors (Lipinski definition) is 2. The molecule has 0 fully saturated rings. The molecule has 0 bridgehead atoms. The Balaban J connectivity index is 2.56. The lowest BCUT2D eigenvalue weighted by Crippen LogP contribution is -2.14. The van der Waals surface area contributed by atoms with E-state index in [1.54, 1.807) is 12.1 Å². The Morgan fingerprint density at radius 2 is 1.93 bits per heavy atom. The van der Waals surface area contributed by atoms with Crippen LogP contribution in [0.3, 0.4) is 0 Å². The molecule has 2 rings (SSSR count). The Labute approximate surface area is 89.3 Å². The highest BCUT2D eigenvalue weighted by Gasteiger charge is 2.33. The third kappa shape index (κ3) is 2.00. The summed E-state index contributed by atoms with van der Waals surface area (Å²) in [5, 5.41) is 0.213. The maximum atomic E-state index is 11.3. The molecule has 1 aliphatic carbocycles. The van der Waals surface area contributed by atoms with E-state index in [0.29, 0.717) is 0 Å². The van der Waals surface area contributed by atoms with Gasteiger partial charge in [0.05, 0.1) is 5.30 Å². The summed E-state index contributed by atoms with van der Waals surface area (Å²) in [6, 6.07) is 5.24. The number of fused-ring (bicyclic) bond motifs is 1. The van der Waals surface area contributed by atoms with Gasteiger partial charge in [0.25, 0.3) is 0 Å². The van der Waals surface area contributed by atoms with Gasteiger partial charge < -0.3 is 9.79 Å². The van der Waals surface area contributed by atoms with E-state index in [-0.39, 0.29) is 10.7 Å². The SMILES string of the molecule is CC1(C)Cc2cccc(P(=O)(O)O)c2C1. The lowest BCUT2D eigenvalue weighted by atomic mass is 9.90. The third-order valence-electron chi connectivity index (χ3n) is 2.89. The number of benzene rings is 1. The summed E-state index contributed by atoms with van der Waals surface area (Å²) < 4.78 is 11.3. The van der Waals surface area contributed by atoms with E-state index in [2.05, 4.69) is 13.8 Å². The van der Waals surface area contributed by atoms with E-state index in [1.807, 2.05) is 6.07 Å². The molecule has 15 heavy (non-hydrogen) atoms. The molecule has 3 nitrogen and oxygen atoms in total. The summed E-state index contributed by atoms with van der Waals surface area (Å²) in [4.78, 5) is 18.5. The minimum atomic E-state index is -4.12. The second-order valence-corrected chi connectivity index (χ2v) is 6.55. The topological polar surface area (TPSA) is 57.5 Å². The van der Waals surface area contributed by atoms with Gasteiger partial charge >= 0.3 is 7.60 Å². The molecule has 0 saturated carbocycles. The van der Waals surface area contributed by atoms with Crippen molar-refractivity contribution in [3.05, 3.63) is 29.3 Å². The van der Waals surface area contributed by atoms with Crippen molar-refractivity contribution in [3.8, 4) is 0 Å². The first-order chi connectivity index (χ1) is 6.80. The van der Waals surface area contributed by atoms with Gasteiger partial charge in [-0.05, 0) is 35.4 Å². The molecule has 82 valence electrons. The first-order valence-electron chi connectivity index (χ1n) is 4.96. The highest BCUT2D eigenvalue weighted by molar-refractivity contribution is 7.60. The first-order valence-corrected chi connectivity index (χ1v) is 6.58. The molecule has 0 atom stereocenters. The van der Waals surface area contributed by atoms with Crippen LogP contribution in [0, 0.1) is 5.41 Å². The summed E-state index contributed by atoms with van der Waals surface area (Å²) in [5.74, 6) is 0. The van der Waals surface area contributed by atoms with E-state index >= 15 is 0 Å². The van der Waals surface area contributed by atoms with E-state index in [0.717, 1.165) is 24.0 Å². The quantitative estimate of drug-likeness (QED) is 0.715. The van der Waals surface area contributed by atoms with Crippen LogP contribution in [-0.4, -0.2) is 9.79 Å². The van der Waals surface area contributed by atoms with Crippen LogP contribution in [0.15, 0.2) is 18.2 Å². The predicted molar refractivity (Wildman–Crippen MR) is 59.3 cm³/mol. The van der Waals surface area contributed by atoms with Crippen molar-refractivity contribution >= 4 is 12.9 Å². The van der Waals surface area contributed by atoms with Gasteiger partial charge in [-0.1, -0.05) is 26.0 Å². The monoisotopic (exact) mass is 226 g/mol. The van der Waals surface area contributed by atoms with Crippen molar-refractivity contribution in [2.75, 3.05) is 0 Å². The van der Waals surface area contributed by atoms with E-state index < -0.39 is 7.60 Å². The summed E-state index contributed by atoms with van der Waals surface area (Å²) >= 11 is 0. The van der Waals surface area contributed by atoms with Crippen LogP contribution in [0.25, 0.3) is 0 Å². The minimum absolute atomic E-state index is 0.119. The molecule has 1 aromatic rings. The van der Waals surface area contributed by atoms with Gasteiger partial charge in [0.1, 0.15) is 0 Å². The second-order valence-electron chi connectivity index (χ2n) is 4.98. The second kappa shape index (κ2) is 3.18. The van der Waals surface area contributed by atoms with E-state index in [1.165, 1.54) is 0 Å². The van der Waals surface area contributed by atoms with Crippen molar-refractivity contribution < 1.29 is 14.4 Å². The van der Waals surface area contributed by atoms with Gasteiger partial charge in [0.2, 0.25) is 0 Å². The fourth-order valence-corrected chi connectivity index (χ4v) is 3.17. The first kappa shape index (κ1) is 10.9. The highest BCUT2D eigenvalue weighted by atomic mass is 31.2. The smallest absolute Gasteiger partial charge is 0.321 e. The summed E-state index contributed by atoms with van der Waals surface area (Å²) in [6.07, 6.45) is 1.65. The molecule has 0 unspecified atom stereocenters. The van der Waals surface area contributed by atoms with Crippen LogP contribution in [0.4, 0.5) is 0 Å². The molecule has 2 N–H and O–H groups in total. The van der Waals surface area contributed by atoms with Crippen LogP contribution in [-0.2, 0) is 17.4 Å². The lowest BCUT2D eigenvalue weighted by molar-refractivity contribution is 0.384. The zero-order chi connectivity index (χ0) is 11.3. The van der Waals surface area contributed by atoms with Crippen molar-refractivity contribution in [2.24, 2.45) is 5.41 Å². The Morgan fingerprint density at radius 3 is 2.53 bits per heavy atom. The van der Waals surface area contributed by atoms with Gasteiger partial charge in [0.15, 0.2) is 0 Å².